The summed E-state index contributed by atoms with van der Waals surface area (Å²) in [5.41, 5.74) is 1.93. The normalized spacial score (nSPS) is 14.2. The predicted octanol–water partition coefficient (Wildman–Crippen LogP) is 6.65. The number of benzene rings is 3. The van der Waals surface area contributed by atoms with Gasteiger partial charge in [0.2, 0.25) is 0 Å². The molecule has 0 aliphatic carbocycles. The fourth-order valence-corrected chi connectivity index (χ4v) is 4.78. The summed E-state index contributed by atoms with van der Waals surface area (Å²) in [7, 11) is 0. The van der Waals surface area contributed by atoms with Gasteiger partial charge in [-0.1, -0.05) is 53.5 Å². The number of imide groups is 1. The largest absolute Gasteiger partial charge is 0.490 e. The van der Waals surface area contributed by atoms with E-state index in [1.165, 1.54) is 0 Å². The van der Waals surface area contributed by atoms with Crippen LogP contribution >= 0.6 is 35.0 Å². The third kappa shape index (κ3) is 6.85. The van der Waals surface area contributed by atoms with E-state index in [0.717, 1.165) is 16.7 Å². The molecule has 1 saturated heterocycles. The molecule has 1 heterocycles. The predicted molar refractivity (Wildman–Crippen MR) is 146 cm³/mol. The number of halogens is 2. The molecule has 0 aromatic heterocycles. The molecule has 0 radical (unpaired) electrons. The molecule has 4 rings (SSSR count). The average molecular weight is 557 g/mol. The smallest absolute Gasteiger partial charge is 0.293 e. The van der Waals surface area contributed by atoms with E-state index in [-0.39, 0.29) is 24.0 Å². The third-order valence-electron chi connectivity index (χ3n) is 5.20. The molecule has 1 fully saturated rings. The number of hydrogen-bond donors (Lipinski definition) is 1. The highest BCUT2D eigenvalue weighted by molar-refractivity contribution is 8.18. The van der Waals surface area contributed by atoms with Crippen molar-refractivity contribution in [2.75, 3.05) is 18.5 Å². The zero-order valence-corrected chi connectivity index (χ0v) is 22.0. The molecule has 1 aliphatic heterocycles. The number of para-hydroxylation sites is 1. The molecule has 3 amide bonds. The van der Waals surface area contributed by atoms with Gasteiger partial charge in [-0.2, -0.15) is 0 Å². The number of carbonyl (C=O) groups excluding carboxylic acids is 3. The Morgan fingerprint density at radius 2 is 1.78 bits per heavy atom. The Bertz CT molecular complexity index is 1360. The lowest BCUT2D eigenvalue weighted by Gasteiger charge is -2.14. The number of anilines is 1. The van der Waals surface area contributed by atoms with Crippen LogP contribution in [-0.4, -0.2) is 35.2 Å². The molecule has 1 N–H and O–H groups in total. The quantitative estimate of drug-likeness (QED) is 0.297. The van der Waals surface area contributed by atoms with E-state index in [2.05, 4.69) is 5.32 Å². The van der Waals surface area contributed by atoms with Crippen LogP contribution in [0.3, 0.4) is 0 Å². The van der Waals surface area contributed by atoms with Gasteiger partial charge in [0.25, 0.3) is 17.1 Å². The molecule has 3 aromatic carbocycles. The second-order valence-corrected chi connectivity index (χ2v) is 9.68. The second kappa shape index (κ2) is 12.2. The third-order valence-corrected chi connectivity index (χ3v) is 6.69. The first-order valence-corrected chi connectivity index (χ1v) is 12.8. The number of nitrogens with one attached hydrogen (secondary N) is 1. The number of carbonyl (C=O) groups is 3. The van der Waals surface area contributed by atoms with E-state index in [1.54, 1.807) is 54.6 Å². The summed E-state index contributed by atoms with van der Waals surface area (Å²) in [4.78, 5) is 39.2. The summed E-state index contributed by atoms with van der Waals surface area (Å²) in [6.45, 7) is 2.03. The summed E-state index contributed by atoms with van der Waals surface area (Å²) >= 11 is 13.0. The summed E-state index contributed by atoms with van der Waals surface area (Å²) in [5, 5.41) is 3.21. The first-order chi connectivity index (χ1) is 17.8. The standard InChI is InChI=1S/C27H22Cl2N2O5S/c1-2-35-23-12-17(8-11-22(23)36-16-25(32)30-20-6-4-3-5-7-20)13-24-26(33)31(27(34)37-24)15-18-9-10-19(28)14-21(18)29/h3-14H,2,15-16H2,1H3,(H,30,32)/b24-13-. The number of hydrogen-bond acceptors (Lipinski definition) is 6. The van der Waals surface area contributed by atoms with Crippen LogP contribution in [0.5, 0.6) is 11.5 Å². The molecule has 0 spiro atoms. The Kier molecular flexibility index (Phi) is 8.76. The number of thioether (sulfide) groups is 1. The van der Waals surface area contributed by atoms with E-state index >= 15 is 0 Å². The van der Waals surface area contributed by atoms with Crippen molar-refractivity contribution in [1.82, 2.24) is 4.90 Å². The Balaban J connectivity index is 1.45. The highest BCUT2D eigenvalue weighted by Gasteiger charge is 2.35. The minimum Gasteiger partial charge on any atom is -0.490 e. The zero-order chi connectivity index (χ0) is 26.4. The maximum Gasteiger partial charge on any atom is 0.293 e. The summed E-state index contributed by atoms with van der Waals surface area (Å²) in [6.07, 6.45) is 1.61. The van der Waals surface area contributed by atoms with Gasteiger partial charge in [-0.25, -0.2) is 0 Å². The molecule has 37 heavy (non-hydrogen) atoms. The Morgan fingerprint density at radius 3 is 2.51 bits per heavy atom. The lowest BCUT2D eigenvalue weighted by molar-refractivity contribution is -0.123. The molecule has 7 nitrogen and oxygen atoms in total. The van der Waals surface area contributed by atoms with Gasteiger partial charge in [-0.05, 0) is 72.3 Å². The molecule has 0 atom stereocenters. The average Bonchev–Trinajstić information content (AvgIpc) is 3.13. The SMILES string of the molecule is CCOc1cc(/C=C2\SC(=O)N(Cc3ccc(Cl)cc3Cl)C2=O)ccc1OCC(=O)Nc1ccccc1. The van der Waals surface area contributed by atoms with Crippen molar-refractivity contribution in [3.63, 3.8) is 0 Å². The van der Waals surface area contributed by atoms with Gasteiger partial charge in [0, 0.05) is 15.7 Å². The topological polar surface area (TPSA) is 84.9 Å². The number of rotatable bonds is 9. The lowest BCUT2D eigenvalue weighted by Crippen LogP contribution is -2.27. The minimum absolute atomic E-state index is 0.0417. The second-order valence-electron chi connectivity index (χ2n) is 7.85. The zero-order valence-electron chi connectivity index (χ0n) is 19.7. The Morgan fingerprint density at radius 1 is 1.00 bits per heavy atom. The van der Waals surface area contributed by atoms with Crippen molar-refractivity contribution in [1.29, 1.82) is 0 Å². The fraction of sp³-hybridized carbons (Fsp3) is 0.148. The van der Waals surface area contributed by atoms with Gasteiger partial charge in [0.05, 0.1) is 18.1 Å². The summed E-state index contributed by atoms with van der Waals surface area (Å²) < 4.78 is 11.4. The van der Waals surface area contributed by atoms with Crippen molar-refractivity contribution in [2.24, 2.45) is 0 Å². The van der Waals surface area contributed by atoms with Crippen LogP contribution in [0.1, 0.15) is 18.1 Å². The summed E-state index contributed by atoms with van der Waals surface area (Å²) in [5.74, 6) is 0.0627. The van der Waals surface area contributed by atoms with E-state index < -0.39 is 11.1 Å². The van der Waals surface area contributed by atoms with Crippen molar-refractivity contribution < 1.29 is 23.9 Å². The molecule has 3 aromatic rings. The maximum atomic E-state index is 13.0. The summed E-state index contributed by atoms with van der Waals surface area (Å²) in [6, 6.07) is 19.0. The van der Waals surface area contributed by atoms with Gasteiger partial charge >= 0.3 is 0 Å². The van der Waals surface area contributed by atoms with Gasteiger partial charge < -0.3 is 14.8 Å². The van der Waals surface area contributed by atoms with Crippen molar-refractivity contribution in [2.45, 2.75) is 13.5 Å². The Hall–Kier alpha value is -3.46. The van der Waals surface area contributed by atoms with Crippen LogP contribution in [0, 0.1) is 0 Å². The first kappa shape index (κ1) is 26.6. The molecule has 190 valence electrons. The van der Waals surface area contributed by atoms with Gasteiger partial charge in [0.15, 0.2) is 18.1 Å². The molecule has 0 saturated carbocycles. The highest BCUT2D eigenvalue weighted by Crippen LogP contribution is 2.36. The monoisotopic (exact) mass is 556 g/mol. The van der Waals surface area contributed by atoms with Crippen LogP contribution in [-0.2, 0) is 16.1 Å². The maximum absolute atomic E-state index is 13.0. The highest BCUT2D eigenvalue weighted by atomic mass is 35.5. The molecular weight excluding hydrogens is 535 g/mol. The van der Waals surface area contributed by atoms with Crippen LogP contribution in [0.15, 0.2) is 71.6 Å². The van der Waals surface area contributed by atoms with Crippen LogP contribution in [0.25, 0.3) is 6.08 Å². The Labute approximate surface area is 228 Å². The van der Waals surface area contributed by atoms with Crippen LogP contribution in [0.2, 0.25) is 10.0 Å². The van der Waals surface area contributed by atoms with Crippen molar-refractivity contribution in [3.8, 4) is 11.5 Å². The van der Waals surface area contributed by atoms with Crippen molar-refractivity contribution >= 4 is 63.8 Å². The number of amides is 3. The first-order valence-electron chi connectivity index (χ1n) is 11.3. The van der Waals surface area contributed by atoms with Gasteiger partial charge in [-0.15, -0.1) is 0 Å². The fourth-order valence-electron chi connectivity index (χ4n) is 3.47. The molecule has 10 heteroatoms. The van der Waals surface area contributed by atoms with Crippen molar-refractivity contribution in [3.05, 3.63) is 92.8 Å². The molecule has 0 bridgehead atoms. The van der Waals surface area contributed by atoms with Gasteiger partial charge in [-0.3, -0.25) is 19.3 Å². The molecule has 0 unspecified atom stereocenters. The lowest BCUT2D eigenvalue weighted by atomic mass is 10.1. The van der Waals surface area contributed by atoms with E-state index in [4.69, 9.17) is 32.7 Å². The van der Waals surface area contributed by atoms with Crippen LogP contribution in [0.4, 0.5) is 10.5 Å². The van der Waals surface area contributed by atoms with E-state index in [9.17, 15) is 14.4 Å². The number of ether oxygens (including phenoxy) is 2. The minimum atomic E-state index is -0.420. The van der Waals surface area contributed by atoms with E-state index in [0.29, 0.717) is 45.0 Å². The number of nitrogens with zero attached hydrogens (tertiary/aromatic N) is 1. The molecular formula is C27H22Cl2N2O5S. The van der Waals surface area contributed by atoms with Crippen LogP contribution < -0.4 is 14.8 Å². The van der Waals surface area contributed by atoms with Gasteiger partial charge in [0.1, 0.15) is 0 Å². The molecule has 1 aliphatic rings. The van der Waals surface area contributed by atoms with E-state index in [1.807, 2.05) is 25.1 Å².